The molecule has 0 saturated carbocycles. The van der Waals surface area contributed by atoms with Crippen molar-refractivity contribution in [3.63, 3.8) is 0 Å². The van der Waals surface area contributed by atoms with E-state index in [1.54, 1.807) is 0 Å². The van der Waals surface area contributed by atoms with Gasteiger partial charge >= 0.3 is 5.97 Å². The first-order valence-electron chi connectivity index (χ1n) is 7.72. The summed E-state index contributed by atoms with van der Waals surface area (Å²) in [6.45, 7) is 2.20. The topological polar surface area (TPSA) is 29.3 Å². The lowest BCUT2D eigenvalue weighted by molar-refractivity contribution is -0.144. The predicted molar refractivity (Wildman–Crippen MR) is 85.9 cm³/mol. The normalized spacial score (nSPS) is 28.5. The van der Waals surface area contributed by atoms with E-state index in [9.17, 15) is 4.79 Å². The molecule has 0 spiro atoms. The molecule has 0 bridgehead atoms. The molecule has 0 aromatic heterocycles. The summed E-state index contributed by atoms with van der Waals surface area (Å²) >= 11 is 0. The molecule has 1 aliphatic carbocycles. The van der Waals surface area contributed by atoms with Crippen LogP contribution < -0.4 is 4.90 Å². The molecule has 4 rings (SSSR count). The maximum Gasteiger partial charge on any atom is 0.334 e. The molecule has 3 nitrogen and oxygen atoms in total. The van der Waals surface area contributed by atoms with Gasteiger partial charge < -0.3 is 9.64 Å². The SMILES string of the molecule is COC(=O)C12CC(C)c3ccccc3C1N2c1ccccc1. The summed E-state index contributed by atoms with van der Waals surface area (Å²) in [5.74, 6) is 0.225. The molecular weight excluding hydrogens is 274 g/mol. The van der Waals surface area contributed by atoms with Gasteiger partial charge in [-0.3, -0.25) is 0 Å². The number of carbonyl (C=O) groups excluding carboxylic acids is 1. The van der Waals surface area contributed by atoms with Gasteiger partial charge in [0, 0.05) is 5.69 Å². The number of fused-ring (bicyclic) bond motifs is 3. The van der Waals surface area contributed by atoms with Crippen molar-refractivity contribution in [1.82, 2.24) is 0 Å². The van der Waals surface area contributed by atoms with Crippen LogP contribution in [0.5, 0.6) is 0 Å². The van der Waals surface area contributed by atoms with Crippen molar-refractivity contribution in [1.29, 1.82) is 0 Å². The quantitative estimate of drug-likeness (QED) is 0.625. The monoisotopic (exact) mass is 293 g/mol. The Labute approximate surface area is 130 Å². The number of anilines is 1. The highest BCUT2D eigenvalue weighted by Gasteiger charge is 2.71. The Hall–Kier alpha value is -2.29. The molecule has 0 N–H and O–H groups in total. The summed E-state index contributed by atoms with van der Waals surface area (Å²) in [5.41, 5.74) is 3.16. The fourth-order valence-corrected chi connectivity index (χ4v) is 4.16. The molecule has 3 heteroatoms. The van der Waals surface area contributed by atoms with Gasteiger partial charge in [-0.1, -0.05) is 49.4 Å². The van der Waals surface area contributed by atoms with Gasteiger partial charge in [0.1, 0.15) is 0 Å². The van der Waals surface area contributed by atoms with Crippen molar-refractivity contribution < 1.29 is 9.53 Å². The zero-order chi connectivity index (χ0) is 15.3. The van der Waals surface area contributed by atoms with Crippen LogP contribution in [0.3, 0.4) is 0 Å². The van der Waals surface area contributed by atoms with E-state index >= 15 is 0 Å². The van der Waals surface area contributed by atoms with Gasteiger partial charge in [0.25, 0.3) is 0 Å². The van der Waals surface area contributed by atoms with Crippen LogP contribution in [0, 0.1) is 0 Å². The van der Waals surface area contributed by atoms with Gasteiger partial charge in [0.15, 0.2) is 5.54 Å². The smallest absolute Gasteiger partial charge is 0.334 e. The molecule has 2 aromatic rings. The first kappa shape index (κ1) is 13.4. The van der Waals surface area contributed by atoms with Crippen molar-refractivity contribution in [2.75, 3.05) is 12.0 Å². The summed E-state index contributed by atoms with van der Waals surface area (Å²) in [6, 6.07) is 18.7. The third-order valence-electron chi connectivity index (χ3n) is 5.08. The van der Waals surface area contributed by atoms with Crippen LogP contribution in [0.2, 0.25) is 0 Å². The molecule has 1 fully saturated rings. The Balaban J connectivity index is 1.87. The average molecular weight is 293 g/mol. The van der Waals surface area contributed by atoms with Crippen molar-refractivity contribution in [2.24, 2.45) is 0 Å². The highest BCUT2D eigenvalue weighted by atomic mass is 16.5. The van der Waals surface area contributed by atoms with Gasteiger partial charge in [-0.05, 0) is 35.6 Å². The Morgan fingerprint density at radius 2 is 1.73 bits per heavy atom. The second kappa shape index (κ2) is 4.60. The first-order chi connectivity index (χ1) is 10.7. The van der Waals surface area contributed by atoms with E-state index in [4.69, 9.17) is 4.74 Å². The summed E-state index contributed by atoms with van der Waals surface area (Å²) in [6.07, 6.45) is 0.802. The molecule has 0 radical (unpaired) electrons. The number of methoxy groups -OCH3 is 1. The van der Waals surface area contributed by atoms with Crippen LogP contribution >= 0.6 is 0 Å². The number of hydrogen-bond donors (Lipinski definition) is 0. The molecule has 3 atom stereocenters. The van der Waals surface area contributed by atoms with Gasteiger partial charge in [0.05, 0.1) is 13.2 Å². The van der Waals surface area contributed by atoms with E-state index in [0.717, 1.165) is 12.1 Å². The van der Waals surface area contributed by atoms with Gasteiger partial charge in [-0.25, -0.2) is 4.79 Å². The summed E-state index contributed by atoms with van der Waals surface area (Å²) in [4.78, 5) is 14.8. The summed E-state index contributed by atoms with van der Waals surface area (Å²) < 4.78 is 5.17. The molecule has 1 saturated heterocycles. The van der Waals surface area contributed by atoms with Gasteiger partial charge in [-0.15, -0.1) is 0 Å². The molecular formula is C19H19NO2. The molecule has 1 aliphatic heterocycles. The lowest BCUT2D eigenvalue weighted by atomic mass is 9.77. The number of nitrogens with zero attached hydrogens (tertiary/aromatic N) is 1. The zero-order valence-corrected chi connectivity index (χ0v) is 12.8. The number of benzene rings is 2. The summed E-state index contributed by atoms with van der Waals surface area (Å²) in [7, 11) is 1.49. The second-order valence-corrected chi connectivity index (χ2v) is 6.26. The Morgan fingerprint density at radius 3 is 2.41 bits per heavy atom. The van der Waals surface area contributed by atoms with E-state index in [1.807, 2.05) is 18.2 Å². The standard InChI is InChI=1S/C19H19NO2/c1-13-12-19(18(21)22-2)17(16-11-7-6-10-15(13)16)20(19)14-8-4-3-5-9-14/h3-11,13,17H,12H2,1-2H3. The number of ether oxygens (including phenoxy) is 1. The Kier molecular flexibility index (Phi) is 2.80. The molecule has 112 valence electrons. The highest BCUT2D eigenvalue weighted by molar-refractivity contribution is 5.95. The Morgan fingerprint density at radius 1 is 1.09 bits per heavy atom. The molecule has 3 unspecified atom stereocenters. The highest BCUT2D eigenvalue weighted by Crippen LogP contribution is 2.64. The molecule has 22 heavy (non-hydrogen) atoms. The third-order valence-corrected chi connectivity index (χ3v) is 5.08. The lowest BCUT2D eigenvalue weighted by Crippen LogP contribution is -2.34. The van der Waals surface area contributed by atoms with Crippen LogP contribution in [-0.2, 0) is 9.53 Å². The van der Waals surface area contributed by atoms with E-state index in [1.165, 1.54) is 18.2 Å². The van der Waals surface area contributed by atoms with E-state index < -0.39 is 5.54 Å². The zero-order valence-electron chi connectivity index (χ0n) is 12.8. The number of rotatable bonds is 2. The molecule has 1 heterocycles. The molecule has 2 aliphatic rings. The van der Waals surface area contributed by atoms with Gasteiger partial charge in [0.2, 0.25) is 0 Å². The van der Waals surface area contributed by atoms with Crippen LogP contribution in [0.25, 0.3) is 0 Å². The van der Waals surface area contributed by atoms with Crippen molar-refractivity contribution in [3.05, 3.63) is 65.7 Å². The van der Waals surface area contributed by atoms with Crippen LogP contribution in [-0.4, -0.2) is 18.6 Å². The van der Waals surface area contributed by atoms with Crippen LogP contribution in [0.15, 0.2) is 54.6 Å². The first-order valence-corrected chi connectivity index (χ1v) is 7.72. The fraction of sp³-hybridized carbons (Fsp3) is 0.316. The van der Waals surface area contributed by atoms with Crippen molar-refractivity contribution >= 4 is 11.7 Å². The van der Waals surface area contributed by atoms with E-state index in [-0.39, 0.29) is 12.0 Å². The van der Waals surface area contributed by atoms with Crippen LogP contribution in [0.1, 0.15) is 36.4 Å². The number of para-hydroxylation sites is 1. The maximum atomic E-state index is 12.6. The van der Waals surface area contributed by atoms with E-state index in [2.05, 4.69) is 48.2 Å². The largest absolute Gasteiger partial charge is 0.467 e. The fourth-order valence-electron chi connectivity index (χ4n) is 4.16. The van der Waals surface area contributed by atoms with Crippen molar-refractivity contribution in [2.45, 2.75) is 30.8 Å². The average Bonchev–Trinajstić information content (AvgIpc) is 3.25. The second-order valence-electron chi connectivity index (χ2n) is 6.26. The number of esters is 1. The minimum absolute atomic E-state index is 0.0924. The number of carbonyl (C=O) groups is 1. The Bertz CT molecular complexity index is 727. The minimum atomic E-state index is -0.538. The number of hydrogen-bond acceptors (Lipinski definition) is 3. The van der Waals surface area contributed by atoms with Crippen molar-refractivity contribution in [3.8, 4) is 0 Å². The van der Waals surface area contributed by atoms with E-state index in [0.29, 0.717) is 5.92 Å². The lowest BCUT2D eigenvalue weighted by Gasteiger charge is -2.25. The molecule has 2 aromatic carbocycles. The van der Waals surface area contributed by atoms with Gasteiger partial charge in [-0.2, -0.15) is 0 Å². The molecule has 0 amide bonds. The maximum absolute atomic E-state index is 12.6. The van der Waals surface area contributed by atoms with Crippen LogP contribution in [0.4, 0.5) is 5.69 Å². The minimum Gasteiger partial charge on any atom is -0.467 e. The third kappa shape index (κ3) is 1.59. The predicted octanol–water partition coefficient (Wildman–Crippen LogP) is 3.67. The summed E-state index contributed by atoms with van der Waals surface area (Å²) in [5, 5.41) is 0.